The van der Waals surface area contributed by atoms with Crippen LogP contribution in [-0.2, 0) is 9.59 Å². The molecule has 4 nitrogen and oxygen atoms in total. The molecule has 172 valence electrons. The highest BCUT2D eigenvalue weighted by Crippen LogP contribution is 2.61. The number of anilines is 1. The van der Waals surface area contributed by atoms with Gasteiger partial charge >= 0.3 is 0 Å². The zero-order chi connectivity index (χ0) is 23.6. The van der Waals surface area contributed by atoms with Gasteiger partial charge in [0, 0.05) is 11.8 Å². The summed E-state index contributed by atoms with van der Waals surface area (Å²) in [5, 5.41) is 0. The number of ether oxygens (including phenoxy) is 1. The average Bonchev–Trinajstić information content (AvgIpc) is 3.13. The molecule has 0 radical (unpaired) electrons. The lowest BCUT2D eigenvalue weighted by atomic mass is 9.54. The molecule has 4 atom stereocenters. The Morgan fingerprint density at radius 2 is 1.38 bits per heavy atom. The van der Waals surface area contributed by atoms with Crippen molar-refractivity contribution in [3.8, 4) is 5.75 Å². The molecule has 7 rings (SSSR count). The van der Waals surface area contributed by atoms with E-state index in [0.29, 0.717) is 24.0 Å². The van der Waals surface area contributed by atoms with Crippen LogP contribution in [0, 0.1) is 11.8 Å². The van der Waals surface area contributed by atoms with Crippen molar-refractivity contribution in [3.63, 3.8) is 0 Å². The molecule has 2 bridgehead atoms. The molecule has 4 unspecified atom stereocenters. The molecule has 0 aromatic heterocycles. The van der Waals surface area contributed by atoms with Gasteiger partial charge < -0.3 is 4.74 Å². The van der Waals surface area contributed by atoms with Gasteiger partial charge in [-0.2, -0.15) is 0 Å². The molecule has 1 heterocycles. The van der Waals surface area contributed by atoms with Gasteiger partial charge in [-0.15, -0.1) is 0 Å². The van der Waals surface area contributed by atoms with Gasteiger partial charge in [0.15, 0.2) is 0 Å². The molecule has 1 fully saturated rings. The molecule has 4 aliphatic rings. The fourth-order valence-electron chi connectivity index (χ4n) is 6.32. The maximum atomic E-state index is 14.1. The minimum atomic E-state index is -0.387. The minimum absolute atomic E-state index is 0.104. The van der Waals surface area contributed by atoms with Crippen LogP contribution < -0.4 is 9.64 Å². The van der Waals surface area contributed by atoms with Crippen LogP contribution in [0.15, 0.2) is 66.7 Å². The van der Waals surface area contributed by atoms with Crippen molar-refractivity contribution in [2.75, 3.05) is 11.5 Å². The highest BCUT2D eigenvalue weighted by molar-refractivity contribution is 6.24. The summed E-state index contributed by atoms with van der Waals surface area (Å²) in [5.41, 5.74) is 6.64. The van der Waals surface area contributed by atoms with Crippen LogP contribution in [0.5, 0.6) is 5.75 Å². The first kappa shape index (κ1) is 21.2. The van der Waals surface area contributed by atoms with E-state index >= 15 is 0 Å². The van der Waals surface area contributed by atoms with Gasteiger partial charge in [0.2, 0.25) is 11.8 Å². The van der Waals surface area contributed by atoms with Crippen molar-refractivity contribution >= 4 is 17.5 Å². The van der Waals surface area contributed by atoms with Crippen LogP contribution in [-0.4, -0.2) is 18.4 Å². The second-order valence-electron chi connectivity index (χ2n) is 10.0. The van der Waals surface area contributed by atoms with Gasteiger partial charge in [0.25, 0.3) is 0 Å². The molecule has 4 heteroatoms. The predicted molar refractivity (Wildman–Crippen MR) is 132 cm³/mol. The highest BCUT2D eigenvalue weighted by Gasteiger charge is 2.62. The number of carbonyl (C=O) groups is 2. The number of nitrogens with zero attached hydrogens (tertiary/aromatic N) is 1. The van der Waals surface area contributed by atoms with E-state index in [0.717, 1.165) is 6.42 Å². The molecule has 0 N–H and O–H groups in total. The fraction of sp³-hybridized carbons (Fsp3) is 0.333. The smallest absolute Gasteiger partial charge is 0.238 e. The zero-order valence-corrected chi connectivity index (χ0v) is 19.8. The van der Waals surface area contributed by atoms with Crippen molar-refractivity contribution in [2.45, 2.75) is 44.9 Å². The van der Waals surface area contributed by atoms with Crippen molar-refractivity contribution < 1.29 is 14.3 Å². The van der Waals surface area contributed by atoms with Gasteiger partial charge in [-0.05, 0) is 52.3 Å². The number of benzene rings is 3. The number of amides is 2. The van der Waals surface area contributed by atoms with Gasteiger partial charge in [-0.25, -0.2) is 4.90 Å². The molecule has 0 saturated carbocycles. The number of para-hydroxylation sites is 2. The molecule has 1 aliphatic heterocycles. The summed E-state index contributed by atoms with van der Waals surface area (Å²) in [6.45, 7) is 6.97. The molecule has 34 heavy (non-hydrogen) atoms. The third-order valence-electron chi connectivity index (χ3n) is 7.80. The molecule has 2 amide bonds. The largest absolute Gasteiger partial charge is 0.491 e. The molecule has 3 aliphatic carbocycles. The first-order valence-corrected chi connectivity index (χ1v) is 12.3. The normalized spacial score (nSPS) is 24.3. The number of hydrogen-bond acceptors (Lipinski definition) is 3. The van der Waals surface area contributed by atoms with E-state index in [-0.39, 0.29) is 35.5 Å². The predicted octanol–water partition coefficient (Wildman–Crippen LogP) is 6.00. The zero-order valence-electron chi connectivity index (χ0n) is 19.8. The summed E-state index contributed by atoms with van der Waals surface area (Å²) in [7, 11) is 0. The van der Waals surface area contributed by atoms with Crippen molar-refractivity contribution in [1.82, 2.24) is 0 Å². The van der Waals surface area contributed by atoms with Crippen molar-refractivity contribution in [3.05, 3.63) is 94.5 Å². The summed E-state index contributed by atoms with van der Waals surface area (Å²) in [6, 6.07) is 22.5. The maximum Gasteiger partial charge on any atom is 0.238 e. The van der Waals surface area contributed by atoms with Gasteiger partial charge in [0.1, 0.15) is 5.75 Å². The maximum absolute atomic E-state index is 14.1. The summed E-state index contributed by atoms with van der Waals surface area (Å²) >= 11 is 0. The highest BCUT2D eigenvalue weighted by atomic mass is 16.5. The summed E-state index contributed by atoms with van der Waals surface area (Å²) in [5.74, 6) is -0.201. The average molecular weight is 452 g/mol. The van der Waals surface area contributed by atoms with E-state index in [9.17, 15) is 9.59 Å². The van der Waals surface area contributed by atoms with Crippen LogP contribution in [0.4, 0.5) is 5.69 Å². The Morgan fingerprint density at radius 1 is 0.794 bits per heavy atom. The Balaban J connectivity index is 1.51. The molecule has 0 spiro atoms. The summed E-state index contributed by atoms with van der Waals surface area (Å²) in [4.78, 5) is 29.5. The molecule has 1 saturated heterocycles. The Labute approximate surface area is 200 Å². The third kappa shape index (κ3) is 2.84. The topological polar surface area (TPSA) is 46.6 Å². The molecule has 3 aromatic carbocycles. The first-order chi connectivity index (χ1) is 16.5. The number of carbonyl (C=O) groups excluding carboxylic acids is 2. The minimum Gasteiger partial charge on any atom is -0.491 e. The van der Waals surface area contributed by atoms with Crippen LogP contribution in [0.3, 0.4) is 0 Å². The van der Waals surface area contributed by atoms with Crippen LogP contribution in [0.1, 0.15) is 72.8 Å². The standard InChI is InChI=1S/C30H29NO3/c1-4-15-34-24-12-8-7-11-23(24)31-29(32)27-25-19-9-5-6-10-20(19)26(28(27)30(31)33)22-16-18(17(2)3)13-14-21(22)25/h5-14,16-17,25-28H,4,15H2,1-3H3. The van der Waals surface area contributed by atoms with Crippen LogP contribution in [0.2, 0.25) is 0 Å². The van der Waals surface area contributed by atoms with Crippen LogP contribution >= 0.6 is 0 Å². The fourth-order valence-corrected chi connectivity index (χ4v) is 6.32. The summed E-state index contributed by atoms with van der Waals surface area (Å²) in [6.07, 6.45) is 0.856. The Hall–Kier alpha value is -3.40. The SMILES string of the molecule is CCCOc1ccccc1N1C(=O)C2C3c4ccccc4C(c4cc(C(C)C)ccc43)C2C1=O. The van der Waals surface area contributed by atoms with E-state index in [2.05, 4.69) is 44.2 Å². The molecule has 3 aromatic rings. The second kappa shape index (κ2) is 7.83. The number of imide groups is 1. The van der Waals surface area contributed by atoms with Gasteiger partial charge in [-0.3, -0.25) is 9.59 Å². The van der Waals surface area contributed by atoms with E-state index in [1.165, 1.54) is 32.7 Å². The lowest BCUT2D eigenvalue weighted by Crippen LogP contribution is -2.41. The monoisotopic (exact) mass is 451 g/mol. The molecular formula is C30H29NO3. The van der Waals surface area contributed by atoms with Crippen LogP contribution in [0.25, 0.3) is 0 Å². The summed E-state index contributed by atoms with van der Waals surface area (Å²) < 4.78 is 5.94. The Bertz CT molecular complexity index is 1310. The van der Waals surface area contributed by atoms with E-state index in [4.69, 9.17) is 4.74 Å². The lowest BCUT2D eigenvalue weighted by molar-refractivity contribution is -0.122. The third-order valence-corrected chi connectivity index (χ3v) is 7.80. The second-order valence-corrected chi connectivity index (χ2v) is 10.0. The Kier molecular flexibility index (Phi) is 4.87. The number of hydrogen-bond donors (Lipinski definition) is 0. The van der Waals surface area contributed by atoms with Crippen molar-refractivity contribution in [1.29, 1.82) is 0 Å². The number of rotatable bonds is 5. The quantitative estimate of drug-likeness (QED) is 0.447. The Morgan fingerprint density at radius 3 is 2.03 bits per heavy atom. The molecular weight excluding hydrogens is 422 g/mol. The van der Waals surface area contributed by atoms with E-state index in [1.54, 1.807) is 0 Å². The van der Waals surface area contributed by atoms with Crippen molar-refractivity contribution in [2.24, 2.45) is 11.8 Å². The van der Waals surface area contributed by atoms with E-state index < -0.39 is 0 Å². The van der Waals surface area contributed by atoms with E-state index in [1.807, 2.05) is 43.3 Å². The van der Waals surface area contributed by atoms with Gasteiger partial charge in [-0.1, -0.05) is 75.4 Å². The first-order valence-electron chi connectivity index (χ1n) is 12.3. The lowest BCUT2D eigenvalue weighted by Gasteiger charge is -2.46. The van der Waals surface area contributed by atoms with Gasteiger partial charge in [0.05, 0.1) is 24.1 Å².